The molecule has 0 atom stereocenters. The predicted octanol–water partition coefficient (Wildman–Crippen LogP) is 3.07. The standard InChI is InChI=1S/C11H15BrO2/c1-11(2,7-12)8-4-5-10(14-3)9(13)6-8/h4-6,13H,7H2,1-3H3. The van der Waals surface area contributed by atoms with E-state index in [9.17, 15) is 5.11 Å². The van der Waals surface area contributed by atoms with Crippen molar-refractivity contribution in [3.8, 4) is 11.5 Å². The second kappa shape index (κ2) is 4.22. The maximum atomic E-state index is 9.61. The Kier molecular flexibility index (Phi) is 3.43. The van der Waals surface area contributed by atoms with Crippen molar-refractivity contribution in [1.29, 1.82) is 0 Å². The Labute approximate surface area is 93.0 Å². The van der Waals surface area contributed by atoms with Gasteiger partial charge in [-0.15, -0.1) is 0 Å². The molecule has 0 aromatic heterocycles. The van der Waals surface area contributed by atoms with Crippen LogP contribution in [-0.2, 0) is 5.41 Å². The van der Waals surface area contributed by atoms with E-state index in [1.807, 2.05) is 6.07 Å². The molecule has 0 unspecified atom stereocenters. The van der Waals surface area contributed by atoms with Gasteiger partial charge in [-0.05, 0) is 23.1 Å². The topological polar surface area (TPSA) is 29.5 Å². The van der Waals surface area contributed by atoms with Gasteiger partial charge in [0.1, 0.15) is 0 Å². The van der Waals surface area contributed by atoms with Gasteiger partial charge < -0.3 is 9.84 Å². The number of methoxy groups -OCH3 is 1. The zero-order valence-electron chi connectivity index (χ0n) is 8.67. The summed E-state index contributed by atoms with van der Waals surface area (Å²) < 4.78 is 4.98. The molecular weight excluding hydrogens is 244 g/mol. The van der Waals surface area contributed by atoms with Gasteiger partial charge in [0.25, 0.3) is 0 Å². The third-order valence-electron chi connectivity index (χ3n) is 2.29. The molecule has 1 aromatic rings. The lowest BCUT2D eigenvalue weighted by Crippen LogP contribution is -2.18. The second-order valence-electron chi connectivity index (χ2n) is 3.90. The number of aromatic hydroxyl groups is 1. The Morgan fingerprint density at radius 2 is 2.07 bits per heavy atom. The van der Waals surface area contributed by atoms with Crippen LogP contribution >= 0.6 is 15.9 Å². The Hall–Kier alpha value is -0.700. The molecule has 0 amide bonds. The van der Waals surface area contributed by atoms with E-state index in [0.29, 0.717) is 5.75 Å². The van der Waals surface area contributed by atoms with Crippen LogP contribution in [0.15, 0.2) is 18.2 Å². The third-order valence-corrected chi connectivity index (χ3v) is 3.70. The Morgan fingerprint density at radius 3 is 2.50 bits per heavy atom. The predicted molar refractivity (Wildman–Crippen MR) is 61.5 cm³/mol. The largest absolute Gasteiger partial charge is 0.504 e. The quantitative estimate of drug-likeness (QED) is 0.845. The lowest BCUT2D eigenvalue weighted by molar-refractivity contribution is 0.372. The van der Waals surface area contributed by atoms with Crippen LogP contribution in [-0.4, -0.2) is 17.5 Å². The molecule has 0 radical (unpaired) electrons. The summed E-state index contributed by atoms with van der Waals surface area (Å²) in [5.74, 6) is 0.707. The summed E-state index contributed by atoms with van der Waals surface area (Å²) in [4.78, 5) is 0. The molecule has 0 saturated heterocycles. The van der Waals surface area contributed by atoms with E-state index >= 15 is 0 Å². The molecule has 14 heavy (non-hydrogen) atoms. The van der Waals surface area contributed by atoms with Crippen molar-refractivity contribution in [1.82, 2.24) is 0 Å². The summed E-state index contributed by atoms with van der Waals surface area (Å²) in [5.41, 5.74) is 1.11. The van der Waals surface area contributed by atoms with Crippen LogP contribution in [0.2, 0.25) is 0 Å². The fraction of sp³-hybridized carbons (Fsp3) is 0.455. The molecule has 3 heteroatoms. The molecule has 0 aliphatic rings. The van der Waals surface area contributed by atoms with Crippen molar-refractivity contribution >= 4 is 15.9 Å². The first-order valence-corrected chi connectivity index (χ1v) is 5.57. The lowest BCUT2D eigenvalue weighted by Gasteiger charge is -2.22. The average molecular weight is 259 g/mol. The third kappa shape index (κ3) is 2.21. The van der Waals surface area contributed by atoms with E-state index in [0.717, 1.165) is 10.9 Å². The number of hydrogen-bond donors (Lipinski definition) is 1. The van der Waals surface area contributed by atoms with Gasteiger partial charge in [-0.2, -0.15) is 0 Å². The van der Waals surface area contributed by atoms with Crippen LogP contribution in [0.25, 0.3) is 0 Å². The number of halogens is 1. The van der Waals surface area contributed by atoms with E-state index in [4.69, 9.17) is 4.74 Å². The molecule has 0 spiro atoms. The molecule has 1 rings (SSSR count). The van der Waals surface area contributed by atoms with E-state index in [2.05, 4.69) is 29.8 Å². The molecule has 0 heterocycles. The molecule has 0 aliphatic carbocycles. The zero-order chi connectivity index (χ0) is 10.8. The summed E-state index contributed by atoms with van der Waals surface area (Å²) in [6.07, 6.45) is 0. The molecular formula is C11H15BrO2. The van der Waals surface area contributed by atoms with Gasteiger partial charge in [0, 0.05) is 5.33 Å². The first-order chi connectivity index (χ1) is 6.51. The zero-order valence-corrected chi connectivity index (χ0v) is 10.3. The minimum absolute atomic E-state index is 0.0176. The van der Waals surface area contributed by atoms with Crippen molar-refractivity contribution in [3.05, 3.63) is 23.8 Å². The van der Waals surface area contributed by atoms with Gasteiger partial charge >= 0.3 is 0 Å². The molecule has 78 valence electrons. The van der Waals surface area contributed by atoms with Crippen LogP contribution in [0.3, 0.4) is 0 Å². The number of ether oxygens (including phenoxy) is 1. The first-order valence-electron chi connectivity index (χ1n) is 4.44. The van der Waals surface area contributed by atoms with E-state index in [1.165, 1.54) is 0 Å². The minimum atomic E-state index is 0.0176. The van der Waals surface area contributed by atoms with Gasteiger partial charge in [0.05, 0.1) is 7.11 Å². The smallest absolute Gasteiger partial charge is 0.160 e. The average Bonchev–Trinajstić information content (AvgIpc) is 2.17. The summed E-state index contributed by atoms with van der Waals surface area (Å²) in [7, 11) is 1.55. The maximum absolute atomic E-state index is 9.61. The first kappa shape index (κ1) is 11.4. The normalized spacial score (nSPS) is 11.4. The number of rotatable bonds is 3. The number of phenols is 1. The van der Waals surface area contributed by atoms with Crippen molar-refractivity contribution in [2.45, 2.75) is 19.3 Å². The summed E-state index contributed by atoms with van der Waals surface area (Å²) >= 11 is 3.45. The maximum Gasteiger partial charge on any atom is 0.160 e. The molecule has 1 N–H and O–H groups in total. The van der Waals surface area contributed by atoms with Crippen LogP contribution in [0.5, 0.6) is 11.5 Å². The second-order valence-corrected chi connectivity index (χ2v) is 4.46. The Balaban J connectivity index is 3.08. The number of phenolic OH excluding ortho intramolecular Hbond substituents is 1. The van der Waals surface area contributed by atoms with Crippen LogP contribution < -0.4 is 4.74 Å². The molecule has 0 fully saturated rings. The van der Waals surface area contributed by atoms with Crippen molar-refractivity contribution < 1.29 is 9.84 Å². The number of alkyl halides is 1. The number of hydrogen-bond acceptors (Lipinski definition) is 2. The van der Waals surface area contributed by atoms with Crippen molar-refractivity contribution in [2.75, 3.05) is 12.4 Å². The summed E-state index contributed by atoms with van der Waals surface area (Å²) in [6.45, 7) is 4.23. The molecule has 1 aromatic carbocycles. The van der Waals surface area contributed by atoms with Crippen LogP contribution in [0, 0.1) is 0 Å². The minimum Gasteiger partial charge on any atom is -0.504 e. The van der Waals surface area contributed by atoms with E-state index in [-0.39, 0.29) is 11.2 Å². The van der Waals surface area contributed by atoms with Gasteiger partial charge in [0.15, 0.2) is 11.5 Å². The highest BCUT2D eigenvalue weighted by Gasteiger charge is 2.20. The highest BCUT2D eigenvalue weighted by molar-refractivity contribution is 9.09. The molecule has 2 nitrogen and oxygen atoms in total. The highest BCUT2D eigenvalue weighted by atomic mass is 79.9. The summed E-state index contributed by atoms with van der Waals surface area (Å²) in [5, 5.41) is 10.5. The fourth-order valence-corrected chi connectivity index (χ4v) is 1.51. The monoisotopic (exact) mass is 258 g/mol. The van der Waals surface area contributed by atoms with Crippen LogP contribution in [0.1, 0.15) is 19.4 Å². The van der Waals surface area contributed by atoms with Crippen molar-refractivity contribution in [2.24, 2.45) is 0 Å². The Morgan fingerprint density at radius 1 is 1.43 bits per heavy atom. The van der Waals surface area contributed by atoms with E-state index in [1.54, 1.807) is 19.2 Å². The Bertz CT molecular complexity index is 321. The van der Waals surface area contributed by atoms with Crippen molar-refractivity contribution in [3.63, 3.8) is 0 Å². The summed E-state index contributed by atoms with van der Waals surface area (Å²) in [6, 6.07) is 5.51. The SMILES string of the molecule is COc1ccc(C(C)(C)CBr)cc1O. The van der Waals surface area contributed by atoms with Gasteiger partial charge in [-0.25, -0.2) is 0 Å². The molecule has 0 saturated carbocycles. The highest BCUT2D eigenvalue weighted by Crippen LogP contribution is 2.33. The van der Waals surface area contributed by atoms with Crippen LogP contribution in [0.4, 0.5) is 0 Å². The molecule has 0 bridgehead atoms. The van der Waals surface area contributed by atoms with E-state index < -0.39 is 0 Å². The number of benzene rings is 1. The lowest BCUT2D eigenvalue weighted by atomic mass is 9.87. The molecule has 0 aliphatic heterocycles. The fourth-order valence-electron chi connectivity index (χ4n) is 1.19. The van der Waals surface area contributed by atoms with Gasteiger partial charge in [-0.1, -0.05) is 35.8 Å². The van der Waals surface area contributed by atoms with Gasteiger partial charge in [-0.3, -0.25) is 0 Å². The van der Waals surface area contributed by atoms with Gasteiger partial charge in [0.2, 0.25) is 0 Å².